The molecule has 2 aliphatic rings. The molecule has 1 aromatic rings. The van der Waals surface area contributed by atoms with Gasteiger partial charge in [-0.1, -0.05) is 24.3 Å². The molecule has 0 aliphatic carbocycles. The van der Waals surface area contributed by atoms with Gasteiger partial charge in [-0.3, -0.25) is 19.4 Å². The van der Waals surface area contributed by atoms with Crippen LogP contribution in [0, 0.1) is 0 Å². The number of nitrogens with one attached hydrogen (secondary N) is 2. The van der Waals surface area contributed by atoms with Crippen LogP contribution in [0.3, 0.4) is 0 Å². The van der Waals surface area contributed by atoms with Gasteiger partial charge in [0.15, 0.2) is 0 Å². The van der Waals surface area contributed by atoms with Crippen LogP contribution in [-0.4, -0.2) is 60.9 Å². The zero-order valence-corrected chi connectivity index (χ0v) is 12.7. The van der Waals surface area contributed by atoms with Crippen LogP contribution >= 0.6 is 0 Å². The molecule has 1 aromatic carbocycles. The van der Waals surface area contributed by atoms with Crippen LogP contribution in [0.4, 0.5) is 0 Å². The Morgan fingerprint density at radius 1 is 0.864 bits per heavy atom. The minimum absolute atomic E-state index is 0.0645. The topological polar surface area (TPSA) is 64.2 Å². The van der Waals surface area contributed by atoms with Crippen LogP contribution in [0.1, 0.15) is 11.1 Å². The highest BCUT2D eigenvalue weighted by Gasteiger charge is 2.20. The van der Waals surface area contributed by atoms with Gasteiger partial charge in [-0.15, -0.1) is 0 Å². The Bertz CT molecular complexity index is 508. The molecule has 2 fully saturated rings. The Kier molecular flexibility index (Phi) is 4.70. The van der Waals surface area contributed by atoms with Gasteiger partial charge in [0.05, 0.1) is 13.1 Å². The Labute approximate surface area is 130 Å². The molecule has 2 amide bonds. The first-order chi connectivity index (χ1) is 10.7. The maximum Gasteiger partial charge on any atom is 0.234 e. The molecule has 0 bridgehead atoms. The highest BCUT2D eigenvalue weighted by molar-refractivity contribution is 5.78. The van der Waals surface area contributed by atoms with Gasteiger partial charge in [0.25, 0.3) is 0 Å². The van der Waals surface area contributed by atoms with E-state index in [-0.39, 0.29) is 11.8 Å². The van der Waals surface area contributed by atoms with Crippen LogP contribution in [-0.2, 0) is 22.7 Å². The van der Waals surface area contributed by atoms with Gasteiger partial charge in [-0.2, -0.15) is 0 Å². The quantitative estimate of drug-likeness (QED) is 0.639. The number of carbonyl (C=O) groups excluding carboxylic acids is 2. The molecule has 2 aliphatic heterocycles. The number of nitrogens with zero attached hydrogens (tertiary/aromatic N) is 2. The largest absolute Gasteiger partial charge is 0.351 e. The second kappa shape index (κ2) is 6.89. The number of amides is 2. The lowest BCUT2D eigenvalue weighted by molar-refractivity contribution is -0.122. The third kappa shape index (κ3) is 5.13. The van der Waals surface area contributed by atoms with Crippen LogP contribution < -0.4 is 10.6 Å². The second-order valence-corrected chi connectivity index (χ2v) is 5.93. The highest BCUT2D eigenvalue weighted by atomic mass is 16.2. The van der Waals surface area contributed by atoms with E-state index < -0.39 is 0 Å². The summed E-state index contributed by atoms with van der Waals surface area (Å²) in [7, 11) is 0. The summed E-state index contributed by atoms with van der Waals surface area (Å²) in [5.41, 5.74) is 2.11. The molecular formula is C16H22N4O2. The van der Waals surface area contributed by atoms with Crippen LogP contribution in [0.25, 0.3) is 0 Å². The van der Waals surface area contributed by atoms with Crippen molar-refractivity contribution < 1.29 is 9.59 Å². The fourth-order valence-corrected chi connectivity index (χ4v) is 2.23. The molecule has 2 heterocycles. The standard InChI is InChI=1S/C16H22N4O2/c21-15(11-19-4-5-19)17-9-13-2-1-3-14(8-13)10-18-16(22)12-20-6-7-20/h1-3,8H,4-7,9-12H2,(H,17,21)(H,18,22). The van der Waals surface area contributed by atoms with Crippen molar-refractivity contribution in [3.63, 3.8) is 0 Å². The predicted octanol–water partition coefficient (Wildman–Crippen LogP) is -0.450. The maximum absolute atomic E-state index is 11.7. The van der Waals surface area contributed by atoms with Crippen LogP contribution in [0.2, 0.25) is 0 Å². The van der Waals surface area contributed by atoms with E-state index in [4.69, 9.17) is 0 Å². The Balaban J connectivity index is 1.42. The monoisotopic (exact) mass is 302 g/mol. The van der Waals surface area contributed by atoms with Crippen molar-refractivity contribution in [2.75, 3.05) is 39.3 Å². The summed E-state index contributed by atoms with van der Waals surface area (Å²) in [6, 6.07) is 7.95. The fourth-order valence-electron chi connectivity index (χ4n) is 2.23. The summed E-state index contributed by atoms with van der Waals surface area (Å²) in [4.78, 5) is 27.5. The van der Waals surface area contributed by atoms with Gasteiger partial charge in [-0.05, 0) is 11.1 Å². The third-order valence-electron chi connectivity index (χ3n) is 3.78. The fraction of sp³-hybridized carbons (Fsp3) is 0.500. The normalized spacial score (nSPS) is 17.1. The first kappa shape index (κ1) is 15.0. The lowest BCUT2D eigenvalue weighted by Gasteiger charge is -2.09. The van der Waals surface area contributed by atoms with Gasteiger partial charge in [0, 0.05) is 39.3 Å². The van der Waals surface area contributed by atoms with E-state index in [0.717, 1.165) is 37.3 Å². The van der Waals surface area contributed by atoms with Crippen molar-refractivity contribution in [2.24, 2.45) is 0 Å². The summed E-state index contributed by atoms with van der Waals surface area (Å²) in [6.45, 7) is 6.16. The molecule has 0 spiro atoms. The molecule has 0 saturated carbocycles. The second-order valence-electron chi connectivity index (χ2n) is 5.93. The SMILES string of the molecule is O=C(CN1CC1)NCc1cccc(CNC(=O)CN2CC2)c1. The molecule has 0 atom stereocenters. The van der Waals surface area contributed by atoms with E-state index in [2.05, 4.69) is 20.4 Å². The summed E-state index contributed by atoms with van der Waals surface area (Å²) in [6.07, 6.45) is 0. The molecule has 2 saturated heterocycles. The van der Waals surface area contributed by atoms with Gasteiger partial charge in [0.2, 0.25) is 11.8 Å². The average molecular weight is 302 g/mol. The smallest absolute Gasteiger partial charge is 0.234 e. The minimum atomic E-state index is 0.0645. The van der Waals surface area contributed by atoms with Gasteiger partial charge >= 0.3 is 0 Å². The Morgan fingerprint density at radius 2 is 1.32 bits per heavy atom. The molecule has 0 radical (unpaired) electrons. The molecule has 0 aromatic heterocycles. The van der Waals surface area contributed by atoms with Gasteiger partial charge in [-0.25, -0.2) is 0 Å². The molecule has 6 nitrogen and oxygen atoms in total. The molecule has 0 unspecified atom stereocenters. The van der Waals surface area contributed by atoms with Gasteiger partial charge in [0.1, 0.15) is 0 Å². The van der Waals surface area contributed by atoms with Crippen molar-refractivity contribution in [3.05, 3.63) is 35.4 Å². The molecule has 3 rings (SSSR count). The summed E-state index contributed by atoms with van der Waals surface area (Å²) >= 11 is 0. The summed E-state index contributed by atoms with van der Waals surface area (Å²) in [5, 5.41) is 5.84. The van der Waals surface area contributed by atoms with E-state index >= 15 is 0 Å². The molecular weight excluding hydrogens is 280 g/mol. The number of hydrogen-bond donors (Lipinski definition) is 2. The lowest BCUT2D eigenvalue weighted by atomic mass is 10.1. The minimum Gasteiger partial charge on any atom is -0.351 e. The van der Waals surface area contributed by atoms with E-state index in [1.165, 1.54) is 0 Å². The number of carbonyl (C=O) groups is 2. The molecule has 2 N–H and O–H groups in total. The zero-order valence-electron chi connectivity index (χ0n) is 12.7. The van der Waals surface area contributed by atoms with E-state index in [0.29, 0.717) is 26.2 Å². The average Bonchev–Trinajstić information content (AvgIpc) is 3.40. The Morgan fingerprint density at radius 3 is 1.73 bits per heavy atom. The summed E-state index contributed by atoms with van der Waals surface area (Å²) < 4.78 is 0. The number of benzene rings is 1. The lowest BCUT2D eigenvalue weighted by Crippen LogP contribution is -2.30. The third-order valence-corrected chi connectivity index (χ3v) is 3.78. The van der Waals surface area contributed by atoms with Crippen molar-refractivity contribution in [1.82, 2.24) is 20.4 Å². The zero-order chi connectivity index (χ0) is 15.4. The van der Waals surface area contributed by atoms with E-state index in [9.17, 15) is 9.59 Å². The van der Waals surface area contributed by atoms with Crippen molar-refractivity contribution in [1.29, 1.82) is 0 Å². The molecule has 118 valence electrons. The predicted molar refractivity (Wildman–Crippen MR) is 83.0 cm³/mol. The van der Waals surface area contributed by atoms with Crippen LogP contribution in [0.5, 0.6) is 0 Å². The first-order valence-corrected chi connectivity index (χ1v) is 7.75. The summed E-state index contributed by atoms with van der Waals surface area (Å²) in [5.74, 6) is 0.129. The highest BCUT2D eigenvalue weighted by Crippen LogP contribution is 2.06. The molecule has 22 heavy (non-hydrogen) atoms. The van der Waals surface area contributed by atoms with Crippen molar-refractivity contribution >= 4 is 11.8 Å². The van der Waals surface area contributed by atoms with Crippen molar-refractivity contribution in [3.8, 4) is 0 Å². The maximum atomic E-state index is 11.7. The van der Waals surface area contributed by atoms with E-state index in [1.807, 2.05) is 24.3 Å². The van der Waals surface area contributed by atoms with Crippen LogP contribution in [0.15, 0.2) is 24.3 Å². The Hall–Kier alpha value is -1.92. The first-order valence-electron chi connectivity index (χ1n) is 7.75. The number of rotatable bonds is 8. The van der Waals surface area contributed by atoms with Gasteiger partial charge < -0.3 is 10.6 Å². The molecule has 6 heteroatoms. The van der Waals surface area contributed by atoms with Crippen molar-refractivity contribution in [2.45, 2.75) is 13.1 Å². The number of hydrogen-bond acceptors (Lipinski definition) is 4. The van der Waals surface area contributed by atoms with E-state index in [1.54, 1.807) is 0 Å².